The summed E-state index contributed by atoms with van der Waals surface area (Å²) in [5.74, 6) is -1.32. The Morgan fingerprint density at radius 2 is 1.67 bits per heavy atom. The molecule has 0 aliphatic rings. The van der Waals surface area contributed by atoms with E-state index in [1.807, 2.05) is 32.0 Å². The zero-order valence-electron chi connectivity index (χ0n) is 21.0. The summed E-state index contributed by atoms with van der Waals surface area (Å²) < 4.78 is 43.0. The molecule has 0 bridgehead atoms. The van der Waals surface area contributed by atoms with Crippen molar-refractivity contribution in [2.75, 3.05) is 0 Å². The van der Waals surface area contributed by atoms with E-state index >= 15 is 0 Å². The van der Waals surface area contributed by atoms with Crippen LogP contribution in [-0.2, 0) is 17.5 Å². The van der Waals surface area contributed by atoms with Crippen molar-refractivity contribution in [1.82, 2.24) is 4.57 Å². The molecule has 0 fully saturated rings. The highest BCUT2D eigenvalue weighted by Gasteiger charge is 2.36. The number of carbonyl (C=O) groups excluding carboxylic acids is 1. The molecular weight excluding hydrogens is 505 g/mol. The zero-order valence-corrected chi connectivity index (χ0v) is 21.0. The standard InChI is InChI=1S/C31H23F3N2O3/c1-19-6-10-25(20(2)14-19)18-36-28(16-27(31(32,33)34)26(17-35)30(36)39)24-5-3-4-23(15-24)22-11-7-21(8-12-22)9-13-29(37)38/h3-16H,18H2,1-2H3,(H,37,38)/p-1/b13-9+. The van der Waals surface area contributed by atoms with Crippen molar-refractivity contribution in [1.29, 1.82) is 5.26 Å². The zero-order chi connectivity index (χ0) is 28.3. The lowest BCUT2D eigenvalue weighted by Gasteiger charge is -2.19. The van der Waals surface area contributed by atoms with Crippen molar-refractivity contribution in [3.63, 3.8) is 0 Å². The minimum Gasteiger partial charge on any atom is -0.545 e. The fourth-order valence-electron chi connectivity index (χ4n) is 4.38. The molecule has 4 rings (SSSR count). The second-order valence-electron chi connectivity index (χ2n) is 9.10. The molecule has 196 valence electrons. The first-order valence-corrected chi connectivity index (χ1v) is 11.9. The Hall–Kier alpha value is -4.90. The van der Waals surface area contributed by atoms with Crippen LogP contribution >= 0.6 is 0 Å². The van der Waals surface area contributed by atoms with E-state index in [4.69, 9.17) is 0 Å². The Morgan fingerprint density at radius 3 is 2.28 bits per heavy atom. The van der Waals surface area contributed by atoms with E-state index in [0.29, 0.717) is 16.7 Å². The van der Waals surface area contributed by atoms with Gasteiger partial charge in [0.25, 0.3) is 5.56 Å². The first kappa shape index (κ1) is 27.1. The average molecular weight is 528 g/mol. The van der Waals surface area contributed by atoms with Crippen LogP contribution in [-0.4, -0.2) is 10.5 Å². The average Bonchev–Trinajstić information content (AvgIpc) is 2.89. The van der Waals surface area contributed by atoms with Crippen molar-refractivity contribution >= 4 is 12.0 Å². The number of pyridine rings is 1. The third kappa shape index (κ3) is 5.99. The number of rotatable bonds is 6. The van der Waals surface area contributed by atoms with Gasteiger partial charge in [0.2, 0.25) is 0 Å². The first-order chi connectivity index (χ1) is 18.5. The normalized spacial score (nSPS) is 11.5. The van der Waals surface area contributed by atoms with Gasteiger partial charge < -0.3 is 14.5 Å². The second kappa shape index (κ2) is 10.8. The highest BCUT2D eigenvalue weighted by Crippen LogP contribution is 2.35. The monoisotopic (exact) mass is 527 g/mol. The maximum atomic E-state index is 13.9. The van der Waals surface area contributed by atoms with Crippen LogP contribution < -0.4 is 10.7 Å². The van der Waals surface area contributed by atoms with E-state index in [1.54, 1.807) is 48.5 Å². The van der Waals surface area contributed by atoms with Crippen LogP contribution in [0.25, 0.3) is 28.5 Å². The summed E-state index contributed by atoms with van der Waals surface area (Å²) in [6.45, 7) is 3.75. The number of hydrogen-bond donors (Lipinski definition) is 0. The highest BCUT2D eigenvalue weighted by atomic mass is 19.4. The molecule has 4 aromatic rings. The van der Waals surface area contributed by atoms with Gasteiger partial charge in [-0.05, 0) is 65.4 Å². The molecule has 1 heterocycles. The third-order valence-corrected chi connectivity index (χ3v) is 6.36. The molecule has 0 amide bonds. The molecule has 0 unspecified atom stereocenters. The summed E-state index contributed by atoms with van der Waals surface area (Å²) in [7, 11) is 0. The highest BCUT2D eigenvalue weighted by molar-refractivity contribution is 5.83. The molecule has 0 aliphatic carbocycles. The van der Waals surface area contributed by atoms with E-state index in [0.717, 1.165) is 34.4 Å². The quantitative estimate of drug-likeness (QED) is 0.310. The number of nitrogens with zero attached hydrogens (tertiary/aromatic N) is 2. The van der Waals surface area contributed by atoms with Gasteiger partial charge in [0.15, 0.2) is 0 Å². The molecule has 0 aliphatic heterocycles. The van der Waals surface area contributed by atoms with Gasteiger partial charge in [0, 0.05) is 0 Å². The van der Waals surface area contributed by atoms with Gasteiger partial charge in [-0.1, -0.05) is 72.3 Å². The van der Waals surface area contributed by atoms with Crippen LogP contribution in [0.5, 0.6) is 0 Å². The molecule has 8 heteroatoms. The fourth-order valence-corrected chi connectivity index (χ4v) is 4.38. The summed E-state index contributed by atoms with van der Waals surface area (Å²) in [4.78, 5) is 24.0. The number of carbonyl (C=O) groups is 1. The lowest BCUT2D eigenvalue weighted by molar-refractivity contribution is -0.297. The molecular formula is C31H22F3N2O3-. The predicted octanol–water partition coefficient (Wildman–Crippen LogP) is 5.50. The Labute approximate surface area is 222 Å². The second-order valence-corrected chi connectivity index (χ2v) is 9.10. The van der Waals surface area contributed by atoms with Crippen LogP contribution in [0.2, 0.25) is 0 Å². The summed E-state index contributed by atoms with van der Waals surface area (Å²) in [5.41, 5.74) is 1.79. The number of aryl methyl sites for hydroxylation is 2. The number of alkyl halides is 3. The lowest BCUT2D eigenvalue weighted by Crippen LogP contribution is -2.29. The number of carboxylic acids is 1. The van der Waals surface area contributed by atoms with Gasteiger partial charge in [0.05, 0.1) is 23.8 Å². The van der Waals surface area contributed by atoms with Crippen LogP contribution in [0.15, 0.2) is 83.7 Å². The van der Waals surface area contributed by atoms with Gasteiger partial charge in [-0.15, -0.1) is 0 Å². The van der Waals surface area contributed by atoms with Gasteiger partial charge in [0.1, 0.15) is 11.6 Å². The molecule has 0 N–H and O–H groups in total. The van der Waals surface area contributed by atoms with Crippen LogP contribution in [0.1, 0.15) is 33.4 Å². The Balaban J connectivity index is 1.88. The predicted molar refractivity (Wildman–Crippen MR) is 140 cm³/mol. The third-order valence-electron chi connectivity index (χ3n) is 6.36. The van der Waals surface area contributed by atoms with E-state index in [2.05, 4.69) is 0 Å². The van der Waals surface area contributed by atoms with E-state index in [-0.39, 0.29) is 12.2 Å². The minimum atomic E-state index is -4.90. The molecule has 0 saturated heterocycles. The molecule has 39 heavy (non-hydrogen) atoms. The first-order valence-electron chi connectivity index (χ1n) is 11.9. The minimum absolute atomic E-state index is 0.0171. The van der Waals surface area contributed by atoms with E-state index in [1.165, 1.54) is 16.7 Å². The van der Waals surface area contributed by atoms with Crippen molar-refractivity contribution in [2.24, 2.45) is 0 Å². The Kier molecular flexibility index (Phi) is 7.54. The van der Waals surface area contributed by atoms with Crippen LogP contribution in [0.3, 0.4) is 0 Å². The Bertz CT molecular complexity index is 1690. The lowest BCUT2D eigenvalue weighted by atomic mass is 9.98. The van der Waals surface area contributed by atoms with Crippen molar-refractivity contribution < 1.29 is 23.1 Å². The fraction of sp³-hybridized carbons (Fsp3) is 0.129. The molecule has 0 saturated carbocycles. The van der Waals surface area contributed by atoms with Gasteiger partial charge >= 0.3 is 6.18 Å². The molecule has 3 aromatic carbocycles. The number of hydrogen-bond acceptors (Lipinski definition) is 4. The number of aromatic nitrogens is 1. The molecule has 0 radical (unpaired) electrons. The molecule has 5 nitrogen and oxygen atoms in total. The maximum absolute atomic E-state index is 13.9. The number of aliphatic carboxylic acids is 1. The van der Waals surface area contributed by atoms with E-state index < -0.39 is 28.8 Å². The van der Waals surface area contributed by atoms with Gasteiger partial charge in [-0.3, -0.25) is 4.79 Å². The number of benzene rings is 3. The maximum Gasteiger partial charge on any atom is 0.417 e. The molecule has 0 atom stereocenters. The van der Waals surface area contributed by atoms with Gasteiger partial charge in [-0.2, -0.15) is 18.4 Å². The summed E-state index contributed by atoms with van der Waals surface area (Å²) in [6.07, 6.45) is -2.60. The Morgan fingerprint density at radius 1 is 0.974 bits per heavy atom. The summed E-state index contributed by atoms with van der Waals surface area (Å²) >= 11 is 0. The van der Waals surface area contributed by atoms with Crippen molar-refractivity contribution in [2.45, 2.75) is 26.6 Å². The molecule has 0 spiro atoms. The number of carboxylic acid groups (broad SMARTS) is 1. The SMILES string of the molecule is Cc1ccc(Cn2c(-c3cccc(-c4ccc(/C=C/C(=O)[O-])cc4)c3)cc(C(F)(F)F)c(C#N)c2=O)c(C)c1. The summed E-state index contributed by atoms with van der Waals surface area (Å²) in [6, 6.07) is 21.5. The molecule has 1 aromatic heterocycles. The van der Waals surface area contributed by atoms with E-state index in [9.17, 15) is 33.1 Å². The topological polar surface area (TPSA) is 85.9 Å². The smallest absolute Gasteiger partial charge is 0.417 e. The number of halogens is 3. The van der Waals surface area contributed by atoms with Gasteiger partial charge in [-0.25, -0.2) is 0 Å². The van der Waals surface area contributed by atoms with Crippen LogP contribution in [0.4, 0.5) is 13.2 Å². The van der Waals surface area contributed by atoms with Crippen molar-refractivity contribution in [3.05, 3.63) is 123 Å². The largest absolute Gasteiger partial charge is 0.545 e. The summed E-state index contributed by atoms with van der Waals surface area (Å²) in [5, 5.41) is 20.1. The number of nitriles is 1. The van der Waals surface area contributed by atoms with Crippen LogP contribution in [0, 0.1) is 25.2 Å². The van der Waals surface area contributed by atoms with Crippen molar-refractivity contribution in [3.8, 4) is 28.5 Å².